The summed E-state index contributed by atoms with van der Waals surface area (Å²) >= 11 is 5.63. The van der Waals surface area contributed by atoms with E-state index in [0.29, 0.717) is 5.03 Å². The van der Waals surface area contributed by atoms with Gasteiger partial charge in [-0.2, -0.15) is 0 Å². The number of allylic oxidation sites excluding steroid dienone is 4. The third-order valence-corrected chi connectivity index (χ3v) is 1.65. The zero-order chi connectivity index (χ0) is 8.85. The molecule has 0 bridgehead atoms. The molecular weight excluding hydrogens is 156 g/mol. The Bertz CT molecular complexity index is 183. The van der Waals surface area contributed by atoms with Crippen molar-refractivity contribution in [2.75, 3.05) is 0 Å². The van der Waals surface area contributed by atoms with E-state index < -0.39 is 0 Å². The highest BCUT2D eigenvalue weighted by molar-refractivity contribution is 6.31. The molecule has 0 aromatic heterocycles. The van der Waals surface area contributed by atoms with Crippen molar-refractivity contribution < 1.29 is 0 Å². The molecule has 0 aliphatic heterocycles. The van der Waals surface area contributed by atoms with Gasteiger partial charge < -0.3 is 0 Å². The van der Waals surface area contributed by atoms with Crippen molar-refractivity contribution in [2.45, 2.75) is 26.7 Å². The maximum Gasteiger partial charge on any atom is 0.0360 e. The first kappa shape index (κ1) is 10.5. The Kier molecular flexibility index (Phi) is 4.97. The monoisotopic (exact) mass is 170 g/mol. The second-order valence-corrected chi connectivity index (χ2v) is 3.28. The number of hydrogen-bond acceptors (Lipinski definition) is 0. The highest BCUT2D eigenvalue weighted by Crippen LogP contribution is 2.15. The lowest BCUT2D eigenvalue weighted by Gasteiger charge is -1.99. The van der Waals surface area contributed by atoms with Crippen LogP contribution in [0.1, 0.15) is 26.7 Å². The molecule has 0 N–H and O–H groups in total. The van der Waals surface area contributed by atoms with Crippen LogP contribution in [0.2, 0.25) is 0 Å². The zero-order valence-corrected chi connectivity index (χ0v) is 8.04. The van der Waals surface area contributed by atoms with Gasteiger partial charge in [-0.25, -0.2) is 0 Å². The van der Waals surface area contributed by atoms with Crippen LogP contribution in [0.5, 0.6) is 0 Å². The minimum absolute atomic E-state index is 0.576. The van der Waals surface area contributed by atoms with E-state index in [-0.39, 0.29) is 0 Å². The molecule has 0 heterocycles. The standard InChI is InChI=1S/C10H15Cl/c1-8(2)6-5-7-9(3)10(4)11/h6H,3-5,7H2,1-2H3. The molecule has 11 heavy (non-hydrogen) atoms. The summed E-state index contributed by atoms with van der Waals surface area (Å²) in [5, 5.41) is 0.576. The molecule has 0 aliphatic carbocycles. The van der Waals surface area contributed by atoms with E-state index in [1.165, 1.54) is 5.57 Å². The van der Waals surface area contributed by atoms with E-state index in [9.17, 15) is 0 Å². The lowest BCUT2D eigenvalue weighted by molar-refractivity contribution is 0.995. The molecule has 0 atom stereocenters. The lowest BCUT2D eigenvalue weighted by Crippen LogP contribution is -1.79. The molecule has 0 saturated carbocycles. The minimum atomic E-state index is 0.576. The molecular formula is C10H15Cl. The average molecular weight is 171 g/mol. The molecule has 0 rings (SSSR count). The molecule has 62 valence electrons. The van der Waals surface area contributed by atoms with E-state index in [1.54, 1.807) is 0 Å². The van der Waals surface area contributed by atoms with E-state index in [0.717, 1.165) is 18.4 Å². The van der Waals surface area contributed by atoms with Crippen LogP contribution in [0, 0.1) is 0 Å². The first-order valence-corrected chi connectivity index (χ1v) is 4.07. The van der Waals surface area contributed by atoms with Crippen molar-refractivity contribution >= 4 is 11.6 Å². The minimum Gasteiger partial charge on any atom is -0.0944 e. The van der Waals surface area contributed by atoms with Gasteiger partial charge in [-0.15, -0.1) is 0 Å². The summed E-state index contributed by atoms with van der Waals surface area (Å²) in [5.74, 6) is 0. The average Bonchev–Trinajstić information content (AvgIpc) is 1.86. The summed E-state index contributed by atoms with van der Waals surface area (Å²) in [6.07, 6.45) is 4.09. The van der Waals surface area contributed by atoms with Crippen LogP contribution in [0.4, 0.5) is 0 Å². The number of rotatable bonds is 4. The molecule has 0 aromatic rings. The van der Waals surface area contributed by atoms with Gasteiger partial charge in [0.25, 0.3) is 0 Å². The molecule has 0 radical (unpaired) electrons. The van der Waals surface area contributed by atoms with E-state index in [1.807, 2.05) is 0 Å². The Balaban J connectivity index is 3.64. The van der Waals surface area contributed by atoms with Gasteiger partial charge >= 0.3 is 0 Å². The molecule has 0 aliphatic rings. The quantitative estimate of drug-likeness (QED) is 0.441. The van der Waals surface area contributed by atoms with Crippen LogP contribution in [0.15, 0.2) is 35.4 Å². The number of halogens is 1. The smallest absolute Gasteiger partial charge is 0.0360 e. The van der Waals surface area contributed by atoms with Crippen molar-refractivity contribution in [2.24, 2.45) is 0 Å². The fraction of sp³-hybridized carbons (Fsp3) is 0.400. The molecule has 0 aromatic carbocycles. The van der Waals surface area contributed by atoms with Crippen molar-refractivity contribution in [1.82, 2.24) is 0 Å². The van der Waals surface area contributed by atoms with Gasteiger partial charge in [0.1, 0.15) is 0 Å². The van der Waals surface area contributed by atoms with Crippen LogP contribution in [-0.4, -0.2) is 0 Å². The van der Waals surface area contributed by atoms with Gasteiger partial charge in [0.15, 0.2) is 0 Å². The van der Waals surface area contributed by atoms with E-state index in [2.05, 4.69) is 33.1 Å². The molecule has 0 spiro atoms. The third-order valence-electron chi connectivity index (χ3n) is 1.38. The van der Waals surface area contributed by atoms with Gasteiger partial charge in [0.2, 0.25) is 0 Å². The largest absolute Gasteiger partial charge is 0.0944 e. The van der Waals surface area contributed by atoms with Crippen LogP contribution in [-0.2, 0) is 0 Å². The predicted molar refractivity (Wildman–Crippen MR) is 52.8 cm³/mol. The zero-order valence-electron chi connectivity index (χ0n) is 7.28. The summed E-state index contributed by atoms with van der Waals surface area (Å²) < 4.78 is 0. The van der Waals surface area contributed by atoms with E-state index >= 15 is 0 Å². The highest BCUT2D eigenvalue weighted by atomic mass is 35.5. The van der Waals surface area contributed by atoms with Gasteiger partial charge in [0.05, 0.1) is 0 Å². The molecule has 0 amide bonds. The fourth-order valence-corrected chi connectivity index (χ4v) is 0.765. The Morgan fingerprint density at radius 1 is 1.36 bits per heavy atom. The van der Waals surface area contributed by atoms with Gasteiger partial charge in [-0.05, 0) is 32.3 Å². The van der Waals surface area contributed by atoms with Crippen LogP contribution < -0.4 is 0 Å². The Hall–Kier alpha value is -0.490. The van der Waals surface area contributed by atoms with Crippen molar-refractivity contribution in [3.63, 3.8) is 0 Å². The number of hydrogen-bond donors (Lipinski definition) is 0. The summed E-state index contributed by atoms with van der Waals surface area (Å²) in [7, 11) is 0. The summed E-state index contributed by atoms with van der Waals surface area (Å²) in [6, 6.07) is 0. The Morgan fingerprint density at radius 2 is 1.91 bits per heavy atom. The summed E-state index contributed by atoms with van der Waals surface area (Å²) in [4.78, 5) is 0. The summed E-state index contributed by atoms with van der Waals surface area (Å²) in [6.45, 7) is 11.6. The van der Waals surface area contributed by atoms with Crippen LogP contribution in [0.3, 0.4) is 0 Å². The van der Waals surface area contributed by atoms with Crippen molar-refractivity contribution in [3.05, 3.63) is 35.4 Å². The second kappa shape index (κ2) is 5.20. The molecule has 0 unspecified atom stereocenters. The second-order valence-electron chi connectivity index (χ2n) is 2.83. The van der Waals surface area contributed by atoms with Crippen LogP contribution in [0.25, 0.3) is 0 Å². The summed E-state index contributed by atoms with van der Waals surface area (Å²) in [5.41, 5.74) is 2.27. The van der Waals surface area contributed by atoms with Crippen molar-refractivity contribution in [3.8, 4) is 0 Å². The first-order chi connectivity index (χ1) is 5.04. The topological polar surface area (TPSA) is 0 Å². The molecule has 0 saturated heterocycles. The molecule has 0 fully saturated rings. The van der Waals surface area contributed by atoms with Gasteiger partial charge in [0, 0.05) is 5.03 Å². The maximum atomic E-state index is 5.63. The SMILES string of the molecule is C=C(Cl)C(=C)CCC=C(C)C. The van der Waals surface area contributed by atoms with E-state index in [4.69, 9.17) is 11.6 Å². The molecule has 0 nitrogen and oxygen atoms in total. The molecule has 1 heteroatoms. The lowest BCUT2D eigenvalue weighted by atomic mass is 10.1. The third kappa shape index (κ3) is 5.93. The first-order valence-electron chi connectivity index (χ1n) is 3.70. The normalized spacial score (nSPS) is 9.00. The predicted octanol–water partition coefficient (Wildman–Crippen LogP) is 4.04. The Labute approximate surface area is 74.3 Å². The van der Waals surface area contributed by atoms with Gasteiger partial charge in [-0.3, -0.25) is 0 Å². The van der Waals surface area contributed by atoms with Crippen LogP contribution >= 0.6 is 11.6 Å². The Morgan fingerprint density at radius 3 is 2.27 bits per heavy atom. The van der Waals surface area contributed by atoms with Gasteiger partial charge in [-0.1, -0.05) is 36.4 Å². The van der Waals surface area contributed by atoms with Crippen molar-refractivity contribution in [1.29, 1.82) is 0 Å². The highest BCUT2D eigenvalue weighted by Gasteiger charge is 1.93. The fourth-order valence-electron chi connectivity index (χ4n) is 0.671. The maximum absolute atomic E-state index is 5.63.